The van der Waals surface area contributed by atoms with Crippen molar-refractivity contribution < 1.29 is 9.53 Å². The molecule has 5 nitrogen and oxygen atoms in total. The minimum atomic E-state index is -0.278. The van der Waals surface area contributed by atoms with Crippen molar-refractivity contribution in [3.8, 4) is 11.4 Å². The van der Waals surface area contributed by atoms with Crippen LogP contribution in [0.5, 0.6) is 0 Å². The van der Waals surface area contributed by atoms with Gasteiger partial charge in [-0.15, -0.1) is 0 Å². The van der Waals surface area contributed by atoms with Crippen LogP contribution >= 0.6 is 0 Å². The van der Waals surface area contributed by atoms with Crippen molar-refractivity contribution in [3.05, 3.63) is 54.1 Å². The van der Waals surface area contributed by atoms with Crippen LogP contribution in [0.15, 0.2) is 48.5 Å². The zero-order chi connectivity index (χ0) is 16.4. The number of aromatic amines is 1. The summed E-state index contributed by atoms with van der Waals surface area (Å²) in [7, 11) is 0. The number of ether oxygens (including phenoxy) is 1. The van der Waals surface area contributed by atoms with Gasteiger partial charge in [0.2, 0.25) is 5.91 Å². The van der Waals surface area contributed by atoms with E-state index in [4.69, 9.17) is 4.74 Å². The Morgan fingerprint density at radius 2 is 2.04 bits per heavy atom. The van der Waals surface area contributed by atoms with Gasteiger partial charge in [-0.1, -0.05) is 36.4 Å². The Hall–Kier alpha value is -2.66. The number of para-hydroxylation sites is 2. The van der Waals surface area contributed by atoms with Gasteiger partial charge in [0.1, 0.15) is 11.9 Å². The molecule has 1 amide bonds. The summed E-state index contributed by atoms with van der Waals surface area (Å²) in [5.74, 6) is 0.833. The Morgan fingerprint density at radius 3 is 2.79 bits per heavy atom. The van der Waals surface area contributed by atoms with E-state index in [2.05, 4.69) is 15.3 Å². The number of carbonyl (C=O) groups is 1. The number of amides is 1. The van der Waals surface area contributed by atoms with Crippen LogP contribution in [0.1, 0.15) is 18.4 Å². The third-order valence-electron chi connectivity index (χ3n) is 4.31. The van der Waals surface area contributed by atoms with Gasteiger partial charge in [-0.05, 0) is 30.5 Å². The molecule has 4 rings (SSSR count). The summed E-state index contributed by atoms with van der Waals surface area (Å²) in [5, 5.41) is 2.93. The standard InChI is InChI=1S/C19H19N3O2/c23-19(17-6-3-11-24-17)20-12-13-7-9-14(10-8-13)18-21-15-4-1-2-5-16(15)22-18/h1-2,4-5,7-10,17H,3,6,11-12H2,(H,20,23)(H,21,22). The van der Waals surface area contributed by atoms with Gasteiger partial charge in [-0.25, -0.2) is 4.98 Å². The number of aromatic nitrogens is 2. The minimum absolute atomic E-state index is 0.0196. The van der Waals surface area contributed by atoms with Gasteiger partial charge in [0, 0.05) is 18.7 Å². The summed E-state index contributed by atoms with van der Waals surface area (Å²) >= 11 is 0. The Balaban J connectivity index is 1.43. The Bertz CT molecular complexity index is 815. The van der Waals surface area contributed by atoms with Crippen LogP contribution in [0.2, 0.25) is 0 Å². The summed E-state index contributed by atoms with van der Waals surface area (Å²) in [6.07, 6.45) is 1.50. The molecule has 2 heterocycles. The number of hydrogen-bond donors (Lipinski definition) is 2. The Morgan fingerprint density at radius 1 is 1.21 bits per heavy atom. The van der Waals surface area contributed by atoms with Crippen LogP contribution in [0.3, 0.4) is 0 Å². The maximum atomic E-state index is 12.0. The highest BCUT2D eigenvalue weighted by molar-refractivity contribution is 5.81. The summed E-state index contributed by atoms with van der Waals surface area (Å²) in [6.45, 7) is 1.20. The van der Waals surface area contributed by atoms with Crippen molar-refractivity contribution >= 4 is 16.9 Å². The first kappa shape index (κ1) is 14.9. The van der Waals surface area contributed by atoms with Crippen LogP contribution in [-0.4, -0.2) is 28.6 Å². The second-order valence-electron chi connectivity index (χ2n) is 6.02. The molecule has 1 aromatic heterocycles. The van der Waals surface area contributed by atoms with E-state index in [1.54, 1.807) is 0 Å². The maximum absolute atomic E-state index is 12.0. The first-order valence-electron chi connectivity index (χ1n) is 8.23. The normalized spacial score (nSPS) is 17.2. The number of rotatable bonds is 4. The zero-order valence-corrected chi connectivity index (χ0v) is 13.3. The van der Waals surface area contributed by atoms with E-state index in [1.165, 1.54) is 0 Å². The van der Waals surface area contributed by atoms with Gasteiger partial charge < -0.3 is 15.0 Å². The molecule has 0 spiro atoms. The molecule has 2 aromatic carbocycles. The van der Waals surface area contributed by atoms with Crippen LogP contribution in [0, 0.1) is 0 Å². The summed E-state index contributed by atoms with van der Waals surface area (Å²) < 4.78 is 5.38. The van der Waals surface area contributed by atoms with Crippen molar-refractivity contribution in [3.63, 3.8) is 0 Å². The molecule has 0 bridgehead atoms. The number of imidazole rings is 1. The molecule has 122 valence electrons. The third kappa shape index (κ3) is 3.03. The second-order valence-corrected chi connectivity index (χ2v) is 6.02. The molecule has 1 unspecified atom stereocenters. The second kappa shape index (κ2) is 6.45. The number of hydrogen-bond acceptors (Lipinski definition) is 3. The van der Waals surface area contributed by atoms with E-state index in [0.29, 0.717) is 13.2 Å². The summed E-state index contributed by atoms with van der Waals surface area (Å²) in [5.41, 5.74) is 4.07. The average molecular weight is 321 g/mol. The lowest BCUT2D eigenvalue weighted by atomic mass is 10.1. The molecule has 1 saturated heterocycles. The first-order chi connectivity index (χ1) is 11.8. The number of fused-ring (bicyclic) bond motifs is 1. The van der Waals surface area contributed by atoms with E-state index in [9.17, 15) is 4.79 Å². The lowest BCUT2D eigenvalue weighted by Gasteiger charge is -2.10. The lowest BCUT2D eigenvalue weighted by molar-refractivity contribution is -0.130. The molecule has 0 aliphatic carbocycles. The molecule has 1 aliphatic rings. The number of benzene rings is 2. The topological polar surface area (TPSA) is 67.0 Å². The molecule has 1 atom stereocenters. The molecule has 1 fully saturated rings. The monoisotopic (exact) mass is 321 g/mol. The smallest absolute Gasteiger partial charge is 0.249 e. The average Bonchev–Trinajstić information content (AvgIpc) is 3.29. The van der Waals surface area contributed by atoms with E-state index in [-0.39, 0.29) is 12.0 Å². The molecule has 24 heavy (non-hydrogen) atoms. The number of nitrogens with one attached hydrogen (secondary N) is 2. The highest BCUT2D eigenvalue weighted by Gasteiger charge is 2.22. The van der Waals surface area contributed by atoms with Crippen LogP contribution in [-0.2, 0) is 16.1 Å². The van der Waals surface area contributed by atoms with Crippen LogP contribution in [0.25, 0.3) is 22.4 Å². The molecule has 5 heteroatoms. The lowest BCUT2D eigenvalue weighted by Crippen LogP contribution is -2.33. The van der Waals surface area contributed by atoms with Gasteiger partial charge >= 0.3 is 0 Å². The fourth-order valence-corrected chi connectivity index (χ4v) is 2.96. The molecule has 3 aromatic rings. The maximum Gasteiger partial charge on any atom is 0.249 e. The number of nitrogens with zero attached hydrogens (tertiary/aromatic N) is 1. The molecule has 0 saturated carbocycles. The van der Waals surface area contributed by atoms with Crippen molar-refractivity contribution in [2.45, 2.75) is 25.5 Å². The first-order valence-corrected chi connectivity index (χ1v) is 8.23. The highest BCUT2D eigenvalue weighted by Crippen LogP contribution is 2.20. The van der Waals surface area contributed by atoms with E-state index in [1.807, 2.05) is 48.5 Å². The van der Waals surface area contributed by atoms with Crippen LogP contribution < -0.4 is 5.32 Å². The molecule has 0 radical (unpaired) electrons. The highest BCUT2D eigenvalue weighted by atomic mass is 16.5. The zero-order valence-electron chi connectivity index (χ0n) is 13.3. The van der Waals surface area contributed by atoms with Crippen molar-refractivity contribution in [2.24, 2.45) is 0 Å². The molecule has 2 N–H and O–H groups in total. The minimum Gasteiger partial charge on any atom is -0.368 e. The van der Waals surface area contributed by atoms with Crippen molar-refractivity contribution in [1.29, 1.82) is 0 Å². The SMILES string of the molecule is O=C(NCc1ccc(-c2nc3ccccc3[nH]2)cc1)C1CCCO1. The van der Waals surface area contributed by atoms with E-state index in [0.717, 1.165) is 40.8 Å². The van der Waals surface area contributed by atoms with Crippen molar-refractivity contribution in [2.75, 3.05) is 6.61 Å². The van der Waals surface area contributed by atoms with Gasteiger partial charge in [-0.3, -0.25) is 4.79 Å². The Labute approximate surface area is 140 Å². The third-order valence-corrected chi connectivity index (χ3v) is 4.31. The molecular weight excluding hydrogens is 302 g/mol. The predicted octanol–water partition coefficient (Wildman–Crippen LogP) is 3.03. The number of carbonyl (C=O) groups excluding carboxylic acids is 1. The van der Waals surface area contributed by atoms with E-state index >= 15 is 0 Å². The van der Waals surface area contributed by atoms with Gasteiger partial charge in [0.05, 0.1) is 11.0 Å². The molecular formula is C19H19N3O2. The number of H-pyrrole nitrogens is 1. The van der Waals surface area contributed by atoms with Gasteiger partial charge in [-0.2, -0.15) is 0 Å². The summed E-state index contributed by atoms with van der Waals surface area (Å²) in [4.78, 5) is 19.9. The summed E-state index contributed by atoms with van der Waals surface area (Å²) in [6, 6.07) is 16.0. The fourth-order valence-electron chi connectivity index (χ4n) is 2.96. The van der Waals surface area contributed by atoms with Gasteiger partial charge in [0.15, 0.2) is 0 Å². The van der Waals surface area contributed by atoms with Crippen molar-refractivity contribution in [1.82, 2.24) is 15.3 Å². The Kier molecular flexibility index (Phi) is 4.01. The molecule has 1 aliphatic heterocycles. The van der Waals surface area contributed by atoms with Crippen LogP contribution in [0.4, 0.5) is 0 Å². The van der Waals surface area contributed by atoms with E-state index < -0.39 is 0 Å². The largest absolute Gasteiger partial charge is 0.368 e. The van der Waals surface area contributed by atoms with Gasteiger partial charge in [0.25, 0.3) is 0 Å². The quantitative estimate of drug-likeness (QED) is 0.776. The fraction of sp³-hybridized carbons (Fsp3) is 0.263. The predicted molar refractivity (Wildman–Crippen MR) is 92.4 cm³/mol.